The van der Waals surface area contributed by atoms with Crippen molar-refractivity contribution in [2.45, 2.75) is 39.0 Å². The molecule has 0 spiro atoms. The summed E-state index contributed by atoms with van der Waals surface area (Å²) in [5.74, 6) is 2.26. The van der Waals surface area contributed by atoms with Crippen LogP contribution in [0.25, 0.3) is 4.96 Å². The Balaban J connectivity index is 1.90. The van der Waals surface area contributed by atoms with Crippen LogP contribution in [0.5, 0.6) is 17.4 Å². The summed E-state index contributed by atoms with van der Waals surface area (Å²) in [7, 11) is 3.31. The minimum Gasteiger partial charge on any atom is -0.497 e. The molecule has 0 unspecified atom stereocenters. The van der Waals surface area contributed by atoms with Crippen molar-refractivity contribution in [2.75, 3.05) is 27.3 Å². The van der Waals surface area contributed by atoms with Crippen LogP contribution in [0.1, 0.15) is 36.2 Å². The van der Waals surface area contributed by atoms with Crippen LogP contribution in [-0.2, 0) is 4.74 Å². The molecule has 1 fully saturated rings. The monoisotopic (exact) mass is 419 g/mol. The molecule has 1 aliphatic heterocycles. The van der Waals surface area contributed by atoms with Gasteiger partial charge in [0.15, 0.2) is 6.04 Å². The number of quaternary nitrogens is 1. The van der Waals surface area contributed by atoms with Crippen molar-refractivity contribution in [3.05, 3.63) is 34.5 Å². The predicted octanol–water partition coefficient (Wildman–Crippen LogP) is 1.60. The van der Waals surface area contributed by atoms with Gasteiger partial charge in [0.2, 0.25) is 10.8 Å². The maximum Gasteiger partial charge on any atom is 0.235 e. The van der Waals surface area contributed by atoms with E-state index in [-0.39, 0.29) is 24.1 Å². The van der Waals surface area contributed by atoms with E-state index in [1.54, 1.807) is 14.2 Å². The zero-order chi connectivity index (χ0) is 20.7. The fourth-order valence-electron chi connectivity index (χ4n) is 4.20. The van der Waals surface area contributed by atoms with Crippen LogP contribution >= 0.6 is 11.3 Å². The van der Waals surface area contributed by atoms with E-state index in [9.17, 15) is 5.11 Å². The number of benzene rings is 1. The normalized spacial score (nSPS) is 23.3. The first kappa shape index (κ1) is 19.9. The van der Waals surface area contributed by atoms with Crippen LogP contribution in [-0.4, -0.2) is 59.2 Å². The lowest BCUT2D eigenvalue weighted by molar-refractivity contribution is -0.939. The zero-order valence-electron chi connectivity index (χ0n) is 17.3. The summed E-state index contributed by atoms with van der Waals surface area (Å²) in [6, 6.07) is 5.61. The van der Waals surface area contributed by atoms with Crippen molar-refractivity contribution in [3.8, 4) is 17.4 Å². The van der Waals surface area contributed by atoms with Gasteiger partial charge in [-0.3, -0.25) is 0 Å². The van der Waals surface area contributed by atoms with Gasteiger partial charge in [0, 0.05) is 0 Å². The number of rotatable bonds is 5. The smallest absolute Gasteiger partial charge is 0.235 e. The fraction of sp³-hybridized carbons (Fsp3) is 0.500. The molecule has 9 heteroatoms. The number of ether oxygens (including phenoxy) is 3. The molecule has 1 saturated heterocycles. The SMILES string of the molecule is COc1ccc(OC)c([C@@H](c2sc3nc(C)nn3c2O)[NH+]2C[C@@H](C)O[C@H](C)C2)c1. The maximum atomic E-state index is 11.0. The van der Waals surface area contributed by atoms with Gasteiger partial charge in [0.25, 0.3) is 0 Å². The molecular formula is C20H27N4O4S+. The minimum absolute atomic E-state index is 0.111. The average molecular weight is 420 g/mol. The number of hydrogen-bond acceptors (Lipinski definition) is 7. The van der Waals surface area contributed by atoms with Gasteiger partial charge in [-0.25, -0.2) is 4.98 Å². The van der Waals surface area contributed by atoms with Crippen molar-refractivity contribution in [1.29, 1.82) is 0 Å². The Kier molecular flexibility index (Phi) is 5.37. The molecule has 0 aliphatic carbocycles. The summed E-state index contributed by atoms with van der Waals surface area (Å²) < 4.78 is 18.7. The minimum atomic E-state index is -0.164. The Morgan fingerprint density at radius 3 is 2.59 bits per heavy atom. The first-order chi connectivity index (χ1) is 13.9. The van der Waals surface area contributed by atoms with Crippen LogP contribution in [0.4, 0.5) is 0 Å². The Morgan fingerprint density at radius 2 is 1.97 bits per heavy atom. The van der Waals surface area contributed by atoms with Crippen LogP contribution in [0, 0.1) is 6.92 Å². The highest BCUT2D eigenvalue weighted by Gasteiger charge is 2.39. The number of hydrogen-bond donors (Lipinski definition) is 2. The lowest BCUT2D eigenvalue weighted by Gasteiger charge is -2.37. The van der Waals surface area contributed by atoms with Gasteiger partial charge in [0.1, 0.15) is 47.5 Å². The molecule has 8 nitrogen and oxygen atoms in total. The summed E-state index contributed by atoms with van der Waals surface area (Å²) in [6.45, 7) is 7.60. The van der Waals surface area contributed by atoms with Gasteiger partial charge >= 0.3 is 0 Å². The summed E-state index contributed by atoms with van der Waals surface area (Å²) in [4.78, 5) is 7.22. The molecular weight excluding hydrogens is 392 g/mol. The molecule has 4 rings (SSSR count). The van der Waals surface area contributed by atoms with Crippen LogP contribution < -0.4 is 14.4 Å². The number of nitrogens with zero attached hydrogens (tertiary/aromatic N) is 3. The summed E-state index contributed by atoms with van der Waals surface area (Å²) in [6.07, 6.45) is 0.221. The number of aryl methyl sites for hydroxylation is 1. The summed E-state index contributed by atoms with van der Waals surface area (Å²) in [5.41, 5.74) is 0.958. The van der Waals surface area contributed by atoms with Crippen molar-refractivity contribution in [3.63, 3.8) is 0 Å². The van der Waals surface area contributed by atoms with Crippen LogP contribution in [0.2, 0.25) is 0 Å². The van der Waals surface area contributed by atoms with Crippen LogP contribution in [0.3, 0.4) is 0 Å². The second-order valence-corrected chi connectivity index (χ2v) is 8.52. The van der Waals surface area contributed by atoms with E-state index in [1.165, 1.54) is 20.8 Å². The largest absolute Gasteiger partial charge is 0.497 e. The maximum absolute atomic E-state index is 11.0. The molecule has 1 aliphatic rings. The number of fused-ring (bicyclic) bond motifs is 1. The highest BCUT2D eigenvalue weighted by atomic mass is 32.1. The Bertz CT molecular complexity index is 1010. The zero-order valence-corrected chi connectivity index (χ0v) is 18.1. The van der Waals surface area contributed by atoms with Gasteiger partial charge in [0.05, 0.1) is 19.8 Å². The first-order valence-corrected chi connectivity index (χ1v) is 10.5. The molecule has 1 aromatic carbocycles. The van der Waals surface area contributed by atoms with Crippen molar-refractivity contribution in [1.82, 2.24) is 14.6 Å². The first-order valence-electron chi connectivity index (χ1n) is 9.68. The van der Waals surface area contributed by atoms with Gasteiger partial charge in [-0.15, -0.1) is 5.10 Å². The molecule has 3 atom stereocenters. The lowest BCUT2D eigenvalue weighted by atomic mass is 10.00. The molecule has 0 saturated carbocycles. The van der Waals surface area contributed by atoms with E-state index in [4.69, 9.17) is 14.2 Å². The van der Waals surface area contributed by atoms with Gasteiger partial charge in [-0.05, 0) is 39.0 Å². The second kappa shape index (κ2) is 7.81. The van der Waals surface area contributed by atoms with Gasteiger partial charge < -0.3 is 24.2 Å². The van der Waals surface area contributed by atoms with E-state index in [0.717, 1.165) is 35.0 Å². The van der Waals surface area contributed by atoms with Gasteiger partial charge in [-0.2, -0.15) is 4.52 Å². The molecule has 0 amide bonds. The third-order valence-corrected chi connectivity index (χ3v) is 6.37. The average Bonchev–Trinajstić information content (AvgIpc) is 3.18. The molecule has 2 N–H and O–H groups in total. The van der Waals surface area contributed by atoms with Crippen LogP contribution in [0.15, 0.2) is 18.2 Å². The summed E-state index contributed by atoms with van der Waals surface area (Å²) >= 11 is 1.46. The van der Waals surface area contributed by atoms with E-state index in [2.05, 4.69) is 23.9 Å². The quantitative estimate of drug-likeness (QED) is 0.654. The number of nitrogens with one attached hydrogen (secondary N) is 1. The van der Waals surface area contributed by atoms with Gasteiger partial charge in [-0.1, -0.05) is 11.3 Å². The number of morpholine rings is 1. The molecule has 156 valence electrons. The Morgan fingerprint density at radius 1 is 1.24 bits per heavy atom. The topological polar surface area (TPSA) is 82.6 Å². The molecule has 3 aromatic rings. The highest BCUT2D eigenvalue weighted by Crippen LogP contribution is 2.39. The molecule has 0 radical (unpaired) electrons. The predicted molar refractivity (Wildman–Crippen MR) is 109 cm³/mol. The highest BCUT2D eigenvalue weighted by molar-refractivity contribution is 7.17. The number of aromatic hydroxyl groups is 1. The second-order valence-electron chi connectivity index (χ2n) is 7.51. The third kappa shape index (κ3) is 3.65. The van der Waals surface area contributed by atoms with E-state index in [0.29, 0.717) is 10.8 Å². The molecule has 2 aromatic heterocycles. The Hall–Kier alpha value is -2.36. The number of methoxy groups -OCH3 is 2. The standard InChI is InChI=1S/C20H26N4O4S/c1-11-9-23(10-12(2)28-11)17(15-8-14(26-4)6-7-16(15)27-5)18-19(25)24-20(29-18)21-13(3)22-24/h6-8,11-12,17,25H,9-10H2,1-5H3/p+1/t11-,12-,17+/m1/s1. The molecule has 3 heterocycles. The van der Waals surface area contributed by atoms with E-state index in [1.807, 2.05) is 25.1 Å². The van der Waals surface area contributed by atoms with Crippen molar-refractivity contribution >= 4 is 16.3 Å². The van der Waals surface area contributed by atoms with Crippen molar-refractivity contribution in [2.24, 2.45) is 0 Å². The van der Waals surface area contributed by atoms with E-state index >= 15 is 0 Å². The third-order valence-electron chi connectivity index (χ3n) is 5.29. The molecule has 0 bridgehead atoms. The van der Waals surface area contributed by atoms with E-state index < -0.39 is 0 Å². The summed E-state index contributed by atoms with van der Waals surface area (Å²) in [5, 5.41) is 15.4. The fourth-order valence-corrected chi connectivity index (χ4v) is 5.38. The van der Waals surface area contributed by atoms with Crippen molar-refractivity contribution < 1.29 is 24.2 Å². The number of thiazole rings is 1. The lowest BCUT2D eigenvalue weighted by Crippen LogP contribution is -3.15. The molecule has 29 heavy (non-hydrogen) atoms. The Labute approximate surface area is 173 Å². The number of aromatic nitrogens is 3.